The number of carbonyl (C=O) groups excluding carboxylic acids is 1. The van der Waals surface area contributed by atoms with Gasteiger partial charge in [-0.1, -0.05) is 18.5 Å². The molecule has 0 aliphatic carbocycles. The van der Waals surface area contributed by atoms with E-state index in [0.717, 1.165) is 9.13 Å². The maximum Gasteiger partial charge on any atom is 0.225 e. The van der Waals surface area contributed by atoms with Crippen LogP contribution in [0.2, 0.25) is 5.02 Å². The molecule has 1 amide bonds. The van der Waals surface area contributed by atoms with Crippen molar-refractivity contribution in [1.29, 1.82) is 0 Å². The lowest BCUT2D eigenvalue weighted by Gasteiger charge is -2.14. The molecule has 0 fully saturated rings. The van der Waals surface area contributed by atoms with E-state index in [4.69, 9.17) is 21.1 Å². The van der Waals surface area contributed by atoms with E-state index < -0.39 is 0 Å². The van der Waals surface area contributed by atoms with Gasteiger partial charge in [-0.15, -0.1) is 0 Å². The zero-order valence-electron chi connectivity index (χ0n) is 11.1. The lowest BCUT2D eigenvalue weighted by Crippen LogP contribution is -2.31. The Labute approximate surface area is 131 Å². The van der Waals surface area contributed by atoms with E-state index in [-0.39, 0.29) is 11.8 Å². The van der Waals surface area contributed by atoms with Gasteiger partial charge in [-0.2, -0.15) is 0 Å². The van der Waals surface area contributed by atoms with E-state index in [2.05, 4.69) is 27.9 Å². The number of methoxy groups -OCH3 is 2. The van der Waals surface area contributed by atoms with E-state index in [1.54, 1.807) is 14.2 Å². The van der Waals surface area contributed by atoms with Crippen molar-refractivity contribution in [1.82, 2.24) is 5.32 Å². The highest BCUT2D eigenvalue weighted by molar-refractivity contribution is 14.1. The van der Waals surface area contributed by atoms with E-state index in [0.29, 0.717) is 23.9 Å². The summed E-state index contributed by atoms with van der Waals surface area (Å²) in [6, 6.07) is 3.66. The van der Waals surface area contributed by atoms with E-state index in [1.807, 2.05) is 19.1 Å². The minimum Gasteiger partial charge on any atom is -0.496 e. The Hall–Kier alpha value is -0.530. The summed E-state index contributed by atoms with van der Waals surface area (Å²) in [6.07, 6.45) is 0. The fourth-order valence-corrected chi connectivity index (χ4v) is 2.21. The predicted octanol–water partition coefficient (Wildman–Crippen LogP) is 2.85. The summed E-state index contributed by atoms with van der Waals surface area (Å²) in [5, 5.41) is 3.49. The molecule has 4 nitrogen and oxygen atoms in total. The van der Waals surface area contributed by atoms with Gasteiger partial charge in [-0.05, 0) is 34.7 Å². The summed E-state index contributed by atoms with van der Waals surface area (Å²) >= 11 is 8.21. The van der Waals surface area contributed by atoms with Gasteiger partial charge in [0.1, 0.15) is 5.75 Å². The maximum atomic E-state index is 11.8. The Kier molecular flexibility index (Phi) is 6.88. The van der Waals surface area contributed by atoms with Crippen molar-refractivity contribution in [2.24, 2.45) is 5.92 Å². The molecule has 19 heavy (non-hydrogen) atoms. The smallest absolute Gasteiger partial charge is 0.225 e. The molecule has 106 valence electrons. The van der Waals surface area contributed by atoms with Crippen LogP contribution >= 0.6 is 34.2 Å². The molecule has 1 aromatic rings. The Morgan fingerprint density at radius 2 is 2.16 bits per heavy atom. The normalized spacial score (nSPS) is 12.1. The molecule has 0 saturated carbocycles. The average molecular weight is 398 g/mol. The number of amides is 1. The first-order valence-electron chi connectivity index (χ1n) is 5.78. The molecule has 0 aliphatic heterocycles. The molecule has 0 spiro atoms. The number of rotatable bonds is 6. The number of hydrogen-bond donors (Lipinski definition) is 1. The maximum absolute atomic E-state index is 11.8. The van der Waals surface area contributed by atoms with Crippen LogP contribution in [-0.2, 0) is 16.1 Å². The Morgan fingerprint density at radius 1 is 1.47 bits per heavy atom. The van der Waals surface area contributed by atoms with Crippen molar-refractivity contribution in [2.75, 3.05) is 20.8 Å². The molecule has 1 N–H and O–H groups in total. The van der Waals surface area contributed by atoms with Gasteiger partial charge in [0.25, 0.3) is 0 Å². The SMILES string of the molecule is COCC(C)C(=O)NCc1cc(Cl)c(I)cc1OC. The second kappa shape index (κ2) is 7.91. The molecular formula is C13H17ClINO3. The molecule has 1 unspecified atom stereocenters. The zero-order chi connectivity index (χ0) is 14.4. The quantitative estimate of drug-likeness (QED) is 0.751. The molecule has 0 heterocycles. The zero-order valence-corrected chi connectivity index (χ0v) is 14.0. The largest absolute Gasteiger partial charge is 0.496 e. The molecule has 1 aromatic carbocycles. The summed E-state index contributed by atoms with van der Waals surface area (Å²) in [7, 11) is 3.17. The van der Waals surface area contributed by atoms with Crippen LogP contribution in [0.25, 0.3) is 0 Å². The molecule has 1 rings (SSSR count). The van der Waals surface area contributed by atoms with Crippen LogP contribution in [0.5, 0.6) is 5.75 Å². The number of nitrogens with one attached hydrogen (secondary N) is 1. The Bertz CT molecular complexity index is 454. The van der Waals surface area contributed by atoms with Crippen molar-refractivity contribution >= 4 is 40.1 Å². The van der Waals surface area contributed by atoms with Gasteiger partial charge in [0, 0.05) is 22.8 Å². The fourth-order valence-electron chi connectivity index (χ4n) is 1.58. The second-order valence-electron chi connectivity index (χ2n) is 4.15. The molecule has 0 aromatic heterocycles. The lowest BCUT2D eigenvalue weighted by molar-refractivity contribution is -0.126. The third kappa shape index (κ3) is 4.81. The van der Waals surface area contributed by atoms with E-state index >= 15 is 0 Å². The molecule has 0 saturated heterocycles. The summed E-state index contributed by atoms with van der Waals surface area (Å²) in [6.45, 7) is 2.60. The first-order valence-corrected chi connectivity index (χ1v) is 7.23. The van der Waals surface area contributed by atoms with Gasteiger partial charge in [0.05, 0.1) is 24.7 Å². The van der Waals surface area contributed by atoms with Crippen LogP contribution < -0.4 is 10.1 Å². The van der Waals surface area contributed by atoms with Crippen molar-refractivity contribution in [3.63, 3.8) is 0 Å². The summed E-state index contributed by atoms with van der Waals surface area (Å²) in [5.41, 5.74) is 0.853. The third-order valence-corrected chi connectivity index (χ3v) is 4.16. The predicted molar refractivity (Wildman–Crippen MR) is 83.6 cm³/mol. The van der Waals surface area contributed by atoms with Crippen molar-refractivity contribution in [3.8, 4) is 5.75 Å². The number of carbonyl (C=O) groups is 1. The monoisotopic (exact) mass is 397 g/mol. The molecular weight excluding hydrogens is 381 g/mol. The van der Waals surface area contributed by atoms with Crippen molar-refractivity contribution in [2.45, 2.75) is 13.5 Å². The number of hydrogen-bond acceptors (Lipinski definition) is 3. The topological polar surface area (TPSA) is 47.6 Å². The van der Waals surface area contributed by atoms with E-state index in [1.165, 1.54) is 0 Å². The van der Waals surface area contributed by atoms with Crippen LogP contribution in [0.4, 0.5) is 0 Å². The molecule has 0 bridgehead atoms. The van der Waals surface area contributed by atoms with Crippen LogP contribution in [0.1, 0.15) is 12.5 Å². The van der Waals surface area contributed by atoms with Gasteiger partial charge in [0.15, 0.2) is 0 Å². The first-order chi connectivity index (χ1) is 8.99. The van der Waals surface area contributed by atoms with Crippen LogP contribution in [-0.4, -0.2) is 26.7 Å². The number of halogens is 2. The van der Waals surface area contributed by atoms with Gasteiger partial charge in [-0.3, -0.25) is 4.79 Å². The van der Waals surface area contributed by atoms with Crippen LogP contribution in [0, 0.1) is 9.49 Å². The minimum absolute atomic E-state index is 0.0569. The highest BCUT2D eigenvalue weighted by Gasteiger charge is 2.14. The molecule has 0 aliphatic rings. The van der Waals surface area contributed by atoms with Gasteiger partial charge in [0.2, 0.25) is 5.91 Å². The highest BCUT2D eigenvalue weighted by atomic mass is 127. The number of ether oxygens (including phenoxy) is 2. The second-order valence-corrected chi connectivity index (χ2v) is 5.72. The van der Waals surface area contributed by atoms with Crippen LogP contribution in [0.15, 0.2) is 12.1 Å². The van der Waals surface area contributed by atoms with Gasteiger partial charge >= 0.3 is 0 Å². The summed E-state index contributed by atoms with van der Waals surface area (Å²) in [4.78, 5) is 11.8. The standard InChI is InChI=1S/C13H17ClINO3/c1-8(7-18-2)13(17)16-6-9-4-10(14)11(15)5-12(9)19-3/h4-5,8H,6-7H2,1-3H3,(H,16,17). The molecule has 6 heteroatoms. The molecule has 0 radical (unpaired) electrons. The third-order valence-electron chi connectivity index (χ3n) is 2.64. The van der Waals surface area contributed by atoms with Crippen molar-refractivity contribution in [3.05, 3.63) is 26.3 Å². The van der Waals surface area contributed by atoms with E-state index in [9.17, 15) is 4.79 Å². The first kappa shape index (κ1) is 16.5. The summed E-state index contributed by atoms with van der Waals surface area (Å²) in [5.74, 6) is 0.474. The Morgan fingerprint density at radius 3 is 2.74 bits per heavy atom. The molecule has 1 atom stereocenters. The average Bonchev–Trinajstić information content (AvgIpc) is 2.39. The van der Waals surface area contributed by atoms with Crippen LogP contribution in [0.3, 0.4) is 0 Å². The fraction of sp³-hybridized carbons (Fsp3) is 0.462. The van der Waals surface area contributed by atoms with Gasteiger partial charge in [-0.25, -0.2) is 0 Å². The van der Waals surface area contributed by atoms with Gasteiger partial charge < -0.3 is 14.8 Å². The lowest BCUT2D eigenvalue weighted by atomic mass is 10.1. The number of benzene rings is 1. The summed E-state index contributed by atoms with van der Waals surface area (Å²) < 4.78 is 11.1. The minimum atomic E-state index is -0.185. The highest BCUT2D eigenvalue weighted by Crippen LogP contribution is 2.28. The Balaban J connectivity index is 2.72. The van der Waals surface area contributed by atoms with Crippen molar-refractivity contribution < 1.29 is 14.3 Å².